The first-order chi connectivity index (χ1) is 7.59. The fourth-order valence-electron chi connectivity index (χ4n) is 0.997. The molecule has 0 aliphatic rings. The lowest BCUT2D eigenvalue weighted by Gasteiger charge is -2.11. The van der Waals surface area contributed by atoms with E-state index in [0.717, 1.165) is 0 Å². The molecule has 1 unspecified atom stereocenters. The molecule has 1 rings (SSSR count). The normalized spacial score (nSPS) is 12.2. The van der Waals surface area contributed by atoms with Gasteiger partial charge in [0.2, 0.25) is 6.43 Å². The fraction of sp³-hybridized carbons (Fsp3) is 0.300. The quantitative estimate of drug-likeness (QED) is 0.621. The summed E-state index contributed by atoms with van der Waals surface area (Å²) >= 11 is 5.46. The van der Waals surface area contributed by atoms with E-state index in [1.807, 2.05) is 6.07 Å². The number of hydrogen-bond acceptors (Lipinski definition) is 2. The van der Waals surface area contributed by atoms with Crippen LogP contribution in [0.5, 0.6) is 0 Å². The van der Waals surface area contributed by atoms with Gasteiger partial charge in [-0.15, -0.1) is 11.6 Å². The Morgan fingerprint density at radius 3 is 2.50 bits per heavy atom. The van der Waals surface area contributed by atoms with Crippen molar-refractivity contribution >= 4 is 23.2 Å². The predicted molar refractivity (Wildman–Crippen MR) is 58.5 cm³/mol. The number of hydrogen-bond donors (Lipinski definition) is 2. The van der Waals surface area contributed by atoms with E-state index in [0.29, 0.717) is 5.69 Å². The van der Waals surface area contributed by atoms with Crippen LogP contribution in [0.3, 0.4) is 0 Å². The van der Waals surface area contributed by atoms with Crippen LogP contribution in [-0.2, 0) is 4.79 Å². The molecule has 0 aromatic heterocycles. The molecular formula is C10H11ClF2N2O. The molecule has 6 heteroatoms. The summed E-state index contributed by atoms with van der Waals surface area (Å²) in [6.45, 7) is 0. The number of carbonyl (C=O) groups excluding carboxylic acids is 1. The molecule has 1 aromatic carbocycles. The Morgan fingerprint density at radius 1 is 1.31 bits per heavy atom. The number of benzene rings is 1. The number of hydrazine groups is 1. The van der Waals surface area contributed by atoms with Crippen LogP contribution in [0, 0.1) is 0 Å². The first-order valence-corrected chi connectivity index (χ1v) is 5.06. The van der Waals surface area contributed by atoms with Crippen LogP contribution in [0.2, 0.25) is 0 Å². The highest BCUT2D eigenvalue weighted by molar-refractivity contribution is 6.30. The zero-order valence-corrected chi connectivity index (χ0v) is 9.05. The standard InChI is InChI=1S/C10H11ClF2N2O/c11-8(6-9(12)13)10(16)15-14-7-4-2-1-3-5-7/h1-5,8-9,14H,6H2,(H,15,16). The molecule has 88 valence electrons. The lowest BCUT2D eigenvalue weighted by atomic mass is 10.3. The van der Waals surface area contributed by atoms with Crippen molar-refractivity contribution in [2.75, 3.05) is 5.43 Å². The molecule has 0 heterocycles. The van der Waals surface area contributed by atoms with Gasteiger partial charge in [0.05, 0.1) is 5.69 Å². The van der Waals surface area contributed by atoms with Gasteiger partial charge in [-0.05, 0) is 12.1 Å². The molecule has 3 nitrogen and oxygen atoms in total. The third-order valence-corrected chi connectivity index (χ3v) is 2.15. The molecule has 16 heavy (non-hydrogen) atoms. The van der Waals surface area contributed by atoms with Crippen molar-refractivity contribution in [3.05, 3.63) is 30.3 Å². The van der Waals surface area contributed by atoms with Crippen molar-refractivity contribution in [1.82, 2.24) is 5.43 Å². The molecular weight excluding hydrogens is 238 g/mol. The second kappa shape index (κ2) is 6.27. The van der Waals surface area contributed by atoms with Crippen molar-refractivity contribution in [2.24, 2.45) is 0 Å². The molecule has 0 radical (unpaired) electrons. The number of amides is 1. The Hall–Kier alpha value is -1.36. The number of rotatable bonds is 5. The van der Waals surface area contributed by atoms with Gasteiger partial charge in [-0.2, -0.15) is 0 Å². The summed E-state index contributed by atoms with van der Waals surface area (Å²) in [5, 5.41) is -1.24. The van der Waals surface area contributed by atoms with Gasteiger partial charge in [-0.25, -0.2) is 8.78 Å². The third-order valence-electron chi connectivity index (χ3n) is 1.77. The summed E-state index contributed by atoms with van der Waals surface area (Å²) < 4.78 is 23.8. The van der Waals surface area contributed by atoms with Gasteiger partial charge in [-0.3, -0.25) is 15.6 Å². The number of anilines is 1. The number of halogens is 3. The summed E-state index contributed by atoms with van der Waals surface area (Å²) in [6, 6.07) is 8.79. The maximum atomic E-state index is 11.9. The highest BCUT2D eigenvalue weighted by atomic mass is 35.5. The molecule has 0 spiro atoms. The molecule has 1 aromatic rings. The summed E-state index contributed by atoms with van der Waals surface area (Å²) in [4.78, 5) is 11.2. The van der Waals surface area contributed by atoms with Crippen molar-refractivity contribution in [3.63, 3.8) is 0 Å². The van der Waals surface area contributed by atoms with Crippen LogP contribution in [0.15, 0.2) is 30.3 Å². The van der Waals surface area contributed by atoms with Gasteiger partial charge in [0.15, 0.2) is 0 Å². The van der Waals surface area contributed by atoms with E-state index < -0.39 is 24.1 Å². The van der Waals surface area contributed by atoms with Gasteiger partial charge < -0.3 is 0 Å². The van der Waals surface area contributed by atoms with Crippen LogP contribution in [-0.4, -0.2) is 17.7 Å². The van der Waals surface area contributed by atoms with E-state index in [4.69, 9.17) is 11.6 Å². The van der Waals surface area contributed by atoms with Gasteiger partial charge in [0, 0.05) is 6.42 Å². The second-order valence-electron chi connectivity index (χ2n) is 3.07. The molecule has 0 saturated heterocycles. The highest BCUT2D eigenvalue weighted by Gasteiger charge is 2.19. The zero-order valence-electron chi connectivity index (χ0n) is 8.29. The number of carbonyl (C=O) groups is 1. The lowest BCUT2D eigenvalue weighted by Crippen LogP contribution is -2.36. The molecule has 0 bridgehead atoms. The SMILES string of the molecule is O=C(NNc1ccccc1)C(Cl)CC(F)F. The molecule has 0 aliphatic carbocycles. The molecule has 0 fully saturated rings. The fourth-order valence-corrected chi connectivity index (χ4v) is 1.19. The van der Waals surface area contributed by atoms with Crippen molar-refractivity contribution in [3.8, 4) is 0 Å². The Labute approximate surface area is 96.8 Å². The van der Waals surface area contributed by atoms with Gasteiger partial charge in [0.1, 0.15) is 5.38 Å². The minimum absolute atomic E-state index is 0.650. The summed E-state index contributed by atoms with van der Waals surface area (Å²) in [6.07, 6.45) is -3.26. The van der Waals surface area contributed by atoms with Crippen LogP contribution >= 0.6 is 11.6 Å². The number of para-hydroxylation sites is 1. The molecule has 0 aliphatic heterocycles. The van der Waals surface area contributed by atoms with Crippen LogP contribution < -0.4 is 10.9 Å². The van der Waals surface area contributed by atoms with Crippen molar-refractivity contribution in [1.29, 1.82) is 0 Å². The second-order valence-corrected chi connectivity index (χ2v) is 3.60. The molecule has 0 saturated carbocycles. The number of alkyl halides is 3. The zero-order chi connectivity index (χ0) is 12.0. The topological polar surface area (TPSA) is 41.1 Å². The maximum Gasteiger partial charge on any atom is 0.256 e. The van der Waals surface area contributed by atoms with Gasteiger partial charge >= 0.3 is 0 Å². The van der Waals surface area contributed by atoms with Crippen molar-refractivity contribution in [2.45, 2.75) is 18.2 Å². The Bertz CT molecular complexity index is 335. The van der Waals surface area contributed by atoms with Gasteiger partial charge in [-0.1, -0.05) is 18.2 Å². The largest absolute Gasteiger partial charge is 0.299 e. The highest BCUT2D eigenvalue weighted by Crippen LogP contribution is 2.10. The van der Waals surface area contributed by atoms with Gasteiger partial charge in [0.25, 0.3) is 5.91 Å². The van der Waals surface area contributed by atoms with Crippen LogP contribution in [0.1, 0.15) is 6.42 Å². The summed E-state index contributed by atoms with van der Waals surface area (Å²) in [5.41, 5.74) is 5.47. The third kappa shape index (κ3) is 4.44. The molecule has 1 amide bonds. The average molecular weight is 249 g/mol. The minimum Gasteiger partial charge on any atom is -0.299 e. The molecule has 1 atom stereocenters. The molecule has 2 N–H and O–H groups in total. The smallest absolute Gasteiger partial charge is 0.256 e. The maximum absolute atomic E-state index is 11.9. The first-order valence-electron chi connectivity index (χ1n) is 4.62. The van der Waals surface area contributed by atoms with E-state index in [1.165, 1.54) is 0 Å². The first kappa shape index (κ1) is 12.7. The monoisotopic (exact) mass is 248 g/mol. The summed E-state index contributed by atoms with van der Waals surface area (Å²) in [7, 11) is 0. The Morgan fingerprint density at radius 2 is 1.94 bits per heavy atom. The summed E-state index contributed by atoms with van der Waals surface area (Å²) in [5.74, 6) is -0.675. The minimum atomic E-state index is -2.59. The van der Waals surface area contributed by atoms with Crippen molar-refractivity contribution < 1.29 is 13.6 Å². The average Bonchev–Trinajstić information content (AvgIpc) is 2.26. The van der Waals surface area contributed by atoms with E-state index in [9.17, 15) is 13.6 Å². The van der Waals surface area contributed by atoms with E-state index in [-0.39, 0.29) is 0 Å². The number of nitrogens with one attached hydrogen (secondary N) is 2. The Balaban J connectivity index is 2.35. The van der Waals surface area contributed by atoms with E-state index >= 15 is 0 Å². The lowest BCUT2D eigenvalue weighted by molar-refractivity contribution is -0.121. The Kier molecular flexibility index (Phi) is 4.98. The van der Waals surface area contributed by atoms with Crippen LogP contribution in [0.25, 0.3) is 0 Å². The van der Waals surface area contributed by atoms with E-state index in [1.54, 1.807) is 24.3 Å². The predicted octanol–water partition coefficient (Wildman–Crippen LogP) is 2.39. The van der Waals surface area contributed by atoms with Crippen LogP contribution in [0.4, 0.5) is 14.5 Å². The van der Waals surface area contributed by atoms with E-state index in [2.05, 4.69) is 10.9 Å².